The van der Waals surface area contributed by atoms with E-state index in [2.05, 4.69) is 22.0 Å². The molecule has 1 aromatic heterocycles. The van der Waals surface area contributed by atoms with E-state index >= 15 is 0 Å². The van der Waals surface area contributed by atoms with Crippen molar-refractivity contribution in [1.29, 1.82) is 0 Å². The molecule has 1 aromatic carbocycles. The van der Waals surface area contributed by atoms with Gasteiger partial charge in [-0.3, -0.25) is 4.79 Å². The normalized spacial score (nSPS) is 15.5. The van der Waals surface area contributed by atoms with Crippen molar-refractivity contribution in [3.63, 3.8) is 0 Å². The number of phenols is 1. The zero-order chi connectivity index (χ0) is 17.3. The molecule has 0 spiro atoms. The van der Waals surface area contributed by atoms with Crippen molar-refractivity contribution in [2.75, 3.05) is 10.8 Å². The summed E-state index contributed by atoms with van der Waals surface area (Å²) in [6.45, 7) is -0.631. The Bertz CT molecular complexity index is 983. The number of benzene rings is 1. The van der Waals surface area contributed by atoms with Crippen LogP contribution in [-0.4, -0.2) is 36.2 Å². The van der Waals surface area contributed by atoms with E-state index in [4.69, 9.17) is 0 Å². The number of aromatic nitrogens is 2. The van der Waals surface area contributed by atoms with Crippen molar-refractivity contribution in [3.8, 4) is 17.6 Å². The number of nitrogens with zero attached hydrogens (tertiary/aromatic N) is 3. The summed E-state index contributed by atoms with van der Waals surface area (Å²) in [5, 5.41) is 17.2. The van der Waals surface area contributed by atoms with Crippen molar-refractivity contribution in [1.82, 2.24) is 14.9 Å². The second-order valence-electron chi connectivity index (χ2n) is 4.69. The van der Waals surface area contributed by atoms with Crippen LogP contribution in [-0.2, 0) is 15.0 Å². The molecule has 2 heterocycles. The molecule has 122 valence electrons. The summed E-state index contributed by atoms with van der Waals surface area (Å²) in [7, 11) is -4.25. The van der Waals surface area contributed by atoms with Crippen LogP contribution >= 0.6 is 0 Å². The molecular formula is C14H9FN4O4S. The van der Waals surface area contributed by atoms with Gasteiger partial charge in [-0.25, -0.2) is 13.4 Å². The van der Waals surface area contributed by atoms with E-state index in [9.17, 15) is 22.7 Å². The van der Waals surface area contributed by atoms with E-state index in [1.165, 1.54) is 12.3 Å². The van der Waals surface area contributed by atoms with Crippen LogP contribution in [0.3, 0.4) is 0 Å². The van der Waals surface area contributed by atoms with E-state index in [1.807, 2.05) is 0 Å². The number of hydrogen-bond acceptors (Lipinski definition) is 6. The lowest BCUT2D eigenvalue weighted by molar-refractivity contribution is -0.117. The van der Waals surface area contributed by atoms with Gasteiger partial charge in [0.25, 0.3) is 5.91 Å². The molecule has 1 aliphatic heterocycles. The molecule has 1 fully saturated rings. The molecule has 0 bridgehead atoms. The van der Waals surface area contributed by atoms with Gasteiger partial charge in [0, 0.05) is 6.20 Å². The largest absolute Gasteiger partial charge is 0.506 e. The minimum absolute atomic E-state index is 0.164. The van der Waals surface area contributed by atoms with Crippen LogP contribution in [0, 0.1) is 17.7 Å². The Balaban J connectivity index is 2.07. The summed E-state index contributed by atoms with van der Waals surface area (Å²) in [6.07, 6.45) is 1.45. The lowest BCUT2D eigenvalue weighted by Crippen LogP contribution is -2.30. The standard InChI is InChI=1S/C14H9FN4O4S/c15-13-9(3-5-10-2-1-7-16-17-10)4-6-11(20)14(13)19-8-12(21)18-24(19,22)23/h1-2,4,6-7,20H,8H2,(H,18,21). The molecule has 0 unspecified atom stereocenters. The molecule has 10 heteroatoms. The molecule has 3 rings (SSSR count). The number of rotatable bonds is 1. The molecule has 24 heavy (non-hydrogen) atoms. The molecule has 0 aliphatic carbocycles. The van der Waals surface area contributed by atoms with E-state index in [0.717, 1.165) is 6.07 Å². The predicted octanol–water partition coefficient (Wildman–Crippen LogP) is -0.0979. The number of carbonyl (C=O) groups is 1. The summed E-state index contributed by atoms with van der Waals surface area (Å²) in [6, 6.07) is 5.45. The third kappa shape index (κ3) is 2.84. The molecule has 0 atom stereocenters. The topological polar surface area (TPSA) is 112 Å². The molecule has 1 aliphatic rings. The zero-order valence-electron chi connectivity index (χ0n) is 11.9. The molecule has 2 N–H and O–H groups in total. The maximum atomic E-state index is 14.6. The van der Waals surface area contributed by atoms with Crippen LogP contribution in [0.4, 0.5) is 10.1 Å². The highest BCUT2D eigenvalue weighted by molar-refractivity contribution is 7.92. The fourth-order valence-corrected chi connectivity index (χ4v) is 3.20. The van der Waals surface area contributed by atoms with Crippen molar-refractivity contribution >= 4 is 21.8 Å². The summed E-state index contributed by atoms with van der Waals surface area (Å²) in [4.78, 5) is 11.3. The Morgan fingerprint density at radius 2 is 2.08 bits per heavy atom. The fourth-order valence-electron chi connectivity index (χ4n) is 2.03. The van der Waals surface area contributed by atoms with E-state index in [1.54, 1.807) is 16.9 Å². The van der Waals surface area contributed by atoms with Crippen LogP contribution in [0.2, 0.25) is 0 Å². The van der Waals surface area contributed by atoms with Crippen molar-refractivity contribution in [3.05, 3.63) is 47.5 Å². The van der Waals surface area contributed by atoms with Crippen LogP contribution in [0.25, 0.3) is 0 Å². The highest BCUT2D eigenvalue weighted by atomic mass is 32.2. The number of halogens is 1. The molecular weight excluding hydrogens is 339 g/mol. The number of anilines is 1. The highest BCUT2D eigenvalue weighted by Gasteiger charge is 2.37. The van der Waals surface area contributed by atoms with E-state index in [-0.39, 0.29) is 11.3 Å². The maximum Gasteiger partial charge on any atom is 0.326 e. The summed E-state index contributed by atoms with van der Waals surface area (Å²) in [5.41, 5.74) is -0.514. The lowest BCUT2D eigenvalue weighted by atomic mass is 10.1. The quantitative estimate of drug-likeness (QED) is 0.696. The van der Waals surface area contributed by atoms with Crippen molar-refractivity contribution < 1.29 is 22.7 Å². The highest BCUT2D eigenvalue weighted by Crippen LogP contribution is 2.34. The van der Waals surface area contributed by atoms with Crippen molar-refractivity contribution in [2.24, 2.45) is 0 Å². The molecule has 0 radical (unpaired) electrons. The summed E-state index contributed by atoms with van der Waals surface area (Å²) in [5.74, 6) is 2.55. The molecule has 1 saturated heterocycles. The number of carbonyl (C=O) groups excluding carboxylic acids is 1. The van der Waals surface area contributed by atoms with Gasteiger partial charge < -0.3 is 5.11 Å². The van der Waals surface area contributed by atoms with E-state index in [0.29, 0.717) is 4.31 Å². The fraction of sp³-hybridized carbons (Fsp3) is 0.0714. The van der Waals surface area contributed by atoms with Gasteiger partial charge in [-0.2, -0.15) is 13.5 Å². The summed E-state index contributed by atoms with van der Waals surface area (Å²) < 4.78 is 40.4. The van der Waals surface area contributed by atoms with Gasteiger partial charge in [0.15, 0.2) is 5.82 Å². The Hall–Kier alpha value is -3.19. The van der Waals surface area contributed by atoms with Crippen LogP contribution in [0.15, 0.2) is 30.5 Å². The second-order valence-corrected chi connectivity index (χ2v) is 6.29. The Kier molecular flexibility index (Phi) is 3.78. The van der Waals surface area contributed by atoms with Gasteiger partial charge >= 0.3 is 10.2 Å². The Labute approximate surface area is 136 Å². The van der Waals surface area contributed by atoms with Gasteiger partial charge in [0.2, 0.25) is 0 Å². The molecule has 0 saturated carbocycles. The van der Waals surface area contributed by atoms with Crippen molar-refractivity contribution in [2.45, 2.75) is 0 Å². The first-order valence-corrected chi connectivity index (χ1v) is 7.97. The van der Waals surface area contributed by atoms with Gasteiger partial charge in [-0.1, -0.05) is 5.92 Å². The van der Waals surface area contributed by atoms with E-state index < -0.39 is 39.9 Å². The Morgan fingerprint density at radius 3 is 2.71 bits per heavy atom. The number of phenolic OH excluding ortho intramolecular Hbond substituents is 1. The maximum absolute atomic E-state index is 14.6. The average molecular weight is 348 g/mol. The number of hydrogen-bond donors (Lipinski definition) is 2. The van der Waals surface area contributed by atoms with Crippen LogP contribution in [0.5, 0.6) is 5.75 Å². The monoisotopic (exact) mass is 348 g/mol. The van der Waals surface area contributed by atoms with Crippen LogP contribution < -0.4 is 9.03 Å². The number of aromatic hydroxyl groups is 1. The third-order valence-corrected chi connectivity index (χ3v) is 4.44. The minimum atomic E-state index is -4.25. The van der Waals surface area contributed by atoms with Crippen LogP contribution in [0.1, 0.15) is 11.3 Å². The summed E-state index contributed by atoms with van der Waals surface area (Å²) >= 11 is 0. The van der Waals surface area contributed by atoms with Gasteiger partial charge in [-0.15, -0.1) is 5.10 Å². The zero-order valence-corrected chi connectivity index (χ0v) is 12.7. The first-order valence-electron chi connectivity index (χ1n) is 6.53. The molecule has 1 amide bonds. The number of nitrogens with one attached hydrogen (secondary N) is 1. The number of amides is 1. The smallest absolute Gasteiger partial charge is 0.326 e. The molecule has 8 nitrogen and oxygen atoms in total. The minimum Gasteiger partial charge on any atom is -0.506 e. The second kappa shape index (κ2) is 5.78. The third-order valence-electron chi connectivity index (χ3n) is 3.06. The Morgan fingerprint density at radius 1 is 1.29 bits per heavy atom. The molecule has 2 aromatic rings. The first kappa shape index (κ1) is 15.7. The van der Waals surface area contributed by atoms with Gasteiger partial charge in [0.05, 0.1) is 5.56 Å². The van der Waals surface area contributed by atoms with Gasteiger partial charge in [-0.05, 0) is 30.2 Å². The first-order chi connectivity index (χ1) is 11.4. The SMILES string of the molecule is O=C1CN(c2c(O)ccc(C#Cc3cccnn3)c2F)S(=O)(=O)N1. The predicted molar refractivity (Wildman–Crippen MR) is 80.5 cm³/mol. The lowest BCUT2D eigenvalue weighted by Gasteiger charge is -2.17. The van der Waals surface area contributed by atoms with Gasteiger partial charge in [0.1, 0.15) is 23.7 Å². The average Bonchev–Trinajstić information content (AvgIpc) is 2.80.